The van der Waals surface area contributed by atoms with Crippen molar-refractivity contribution in [2.45, 2.75) is 13.5 Å². The van der Waals surface area contributed by atoms with Gasteiger partial charge in [-0.15, -0.1) is 0 Å². The van der Waals surface area contributed by atoms with Crippen LogP contribution in [0.15, 0.2) is 47.5 Å². The Morgan fingerprint density at radius 3 is 2.64 bits per heavy atom. The van der Waals surface area contributed by atoms with E-state index in [2.05, 4.69) is 15.6 Å². The van der Waals surface area contributed by atoms with Crippen LogP contribution in [0.3, 0.4) is 0 Å². The van der Waals surface area contributed by atoms with E-state index < -0.39 is 30.0 Å². The first kappa shape index (κ1) is 19.2. The molecule has 1 heterocycles. The summed E-state index contributed by atoms with van der Waals surface area (Å²) < 4.78 is 27.1. The van der Waals surface area contributed by atoms with Gasteiger partial charge in [0.15, 0.2) is 11.6 Å². The van der Waals surface area contributed by atoms with Crippen molar-refractivity contribution in [1.82, 2.24) is 14.9 Å². The zero-order valence-electron chi connectivity index (χ0n) is 14.8. The van der Waals surface area contributed by atoms with Gasteiger partial charge in [-0.1, -0.05) is 12.1 Å². The van der Waals surface area contributed by atoms with Gasteiger partial charge in [0, 0.05) is 11.8 Å². The lowest BCUT2D eigenvalue weighted by atomic mass is 10.1. The van der Waals surface area contributed by atoms with Gasteiger partial charge in [-0.25, -0.2) is 13.8 Å². The van der Waals surface area contributed by atoms with Crippen molar-refractivity contribution in [3.8, 4) is 0 Å². The van der Waals surface area contributed by atoms with Gasteiger partial charge in [-0.3, -0.25) is 19.0 Å². The summed E-state index contributed by atoms with van der Waals surface area (Å²) in [6.45, 7) is 1.12. The first-order valence-electron chi connectivity index (χ1n) is 8.31. The lowest BCUT2D eigenvalue weighted by Gasteiger charge is -2.09. The van der Waals surface area contributed by atoms with E-state index in [1.165, 1.54) is 12.4 Å². The van der Waals surface area contributed by atoms with E-state index in [1.54, 1.807) is 12.1 Å². The summed E-state index contributed by atoms with van der Waals surface area (Å²) in [4.78, 5) is 40.5. The van der Waals surface area contributed by atoms with Gasteiger partial charge >= 0.3 is 0 Å². The maximum Gasteiger partial charge on any atom is 0.261 e. The molecule has 2 aromatic carbocycles. The molecule has 0 atom stereocenters. The molecule has 0 unspecified atom stereocenters. The number of carbonyl (C=O) groups is 2. The van der Waals surface area contributed by atoms with Crippen LogP contribution in [0.4, 0.5) is 14.5 Å². The number of amides is 2. The van der Waals surface area contributed by atoms with Crippen LogP contribution in [0.1, 0.15) is 5.56 Å². The molecule has 2 amide bonds. The summed E-state index contributed by atoms with van der Waals surface area (Å²) in [6.07, 6.45) is 1.28. The summed E-state index contributed by atoms with van der Waals surface area (Å²) in [5.41, 5.74) is 1.11. The first-order chi connectivity index (χ1) is 13.3. The van der Waals surface area contributed by atoms with Crippen LogP contribution < -0.4 is 16.2 Å². The third kappa shape index (κ3) is 4.20. The number of aryl methyl sites for hydroxylation is 1. The van der Waals surface area contributed by atoms with Gasteiger partial charge in [-0.05, 0) is 30.7 Å². The predicted molar refractivity (Wildman–Crippen MR) is 98.7 cm³/mol. The van der Waals surface area contributed by atoms with E-state index in [1.807, 2.05) is 13.0 Å². The Morgan fingerprint density at radius 1 is 1.11 bits per heavy atom. The summed E-state index contributed by atoms with van der Waals surface area (Å²) in [7, 11) is 0. The summed E-state index contributed by atoms with van der Waals surface area (Å²) in [5.74, 6) is -3.33. The standard InChI is InChI=1S/C19H16F2N4O3/c1-11-3-2-4-13-18(11)23-10-25(19(13)28)9-17(27)22-8-16(26)24-12-5-6-14(20)15(21)7-12/h2-7,10H,8-9H2,1H3,(H,22,27)(H,24,26). The van der Waals surface area contributed by atoms with Crippen molar-refractivity contribution in [1.29, 1.82) is 0 Å². The molecule has 0 aliphatic carbocycles. The highest BCUT2D eigenvalue weighted by Crippen LogP contribution is 2.13. The van der Waals surface area contributed by atoms with Gasteiger partial charge < -0.3 is 10.6 Å². The minimum Gasteiger partial charge on any atom is -0.345 e. The second kappa shape index (κ2) is 7.95. The molecule has 0 saturated heterocycles. The molecule has 3 aromatic rings. The highest BCUT2D eigenvalue weighted by molar-refractivity contribution is 5.94. The third-order valence-corrected chi connectivity index (χ3v) is 4.02. The molecule has 28 heavy (non-hydrogen) atoms. The first-order valence-corrected chi connectivity index (χ1v) is 8.31. The van der Waals surface area contributed by atoms with Gasteiger partial charge in [-0.2, -0.15) is 0 Å². The van der Waals surface area contributed by atoms with Crippen molar-refractivity contribution in [2.24, 2.45) is 0 Å². The molecule has 0 saturated carbocycles. The highest BCUT2D eigenvalue weighted by Gasteiger charge is 2.11. The molecule has 0 fully saturated rings. The number of carbonyl (C=O) groups excluding carboxylic acids is 2. The number of rotatable bonds is 5. The third-order valence-electron chi connectivity index (χ3n) is 4.02. The average molecular weight is 386 g/mol. The quantitative estimate of drug-likeness (QED) is 0.699. The fraction of sp³-hybridized carbons (Fsp3) is 0.158. The van der Waals surface area contributed by atoms with E-state index in [4.69, 9.17) is 0 Å². The van der Waals surface area contributed by atoms with Crippen LogP contribution in [0, 0.1) is 18.6 Å². The Hall–Kier alpha value is -3.62. The lowest BCUT2D eigenvalue weighted by Crippen LogP contribution is -2.37. The van der Waals surface area contributed by atoms with Crippen LogP contribution in [-0.4, -0.2) is 27.9 Å². The molecule has 144 valence electrons. The van der Waals surface area contributed by atoms with Crippen molar-refractivity contribution in [3.05, 3.63) is 70.3 Å². The van der Waals surface area contributed by atoms with Gasteiger partial charge in [0.2, 0.25) is 11.8 Å². The minimum atomic E-state index is -1.10. The number of anilines is 1. The molecule has 2 N–H and O–H groups in total. The van der Waals surface area contributed by atoms with Crippen LogP contribution in [0.25, 0.3) is 10.9 Å². The molecular weight excluding hydrogens is 370 g/mol. The van der Waals surface area contributed by atoms with E-state index in [9.17, 15) is 23.2 Å². The normalized spacial score (nSPS) is 10.7. The van der Waals surface area contributed by atoms with Crippen LogP contribution in [0.2, 0.25) is 0 Å². The number of halogens is 2. The van der Waals surface area contributed by atoms with E-state index in [0.29, 0.717) is 10.9 Å². The molecule has 9 heteroatoms. The number of hydrogen-bond donors (Lipinski definition) is 2. The Balaban J connectivity index is 1.60. The monoisotopic (exact) mass is 386 g/mol. The van der Waals surface area contributed by atoms with E-state index in [0.717, 1.165) is 22.3 Å². The zero-order chi connectivity index (χ0) is 20.3. The van der Waals surface area contributed by atoms with Crippen molar-refractivity contribution < 1.29 is 18.4 Å². The van der Waals surface area contributed by atoms with Gasteiger partial charge in [0.05, 0.1) is 23.8 Å². The maximum absolute atomic E-state index is 13.1. The zero-order valence-corrected chi connectivity index (χ0v) is 14.8. The molecule has 3 rings (SSSR count). The summed E-state index contributed by atoms with van der Waals surface area (Å²) in [6, 6.07) is 8.09. The number of para-hydroxylation sites is 1. The Morgan fingerprint density at radius 2 is 1.89 bits per heavy atom. The number of fused-ring (bicyclic) bond motifs is 1. The number of nitrogens with one attached hydrogen (secondary N) is 2. The number of aromatic nitrogens is 2. The molecule has 0 radical (unpaired) electrons. The average Bonchev–Trinajstić information content (AvgIpc) is 2.66. The van der Waals surface area contributed by atoms with Crippen molar-refractivity contribution in [2.75, 3.05) is 11.9 Å². The van der Waals surface area contributed by atoms with Crippen LogP contribution >= 0.6 is 0 Å². The van der Waals surface area contributed by atoms with E-state index >= 15 is 0 Å². The van der Waals surface area contributed by atoms with Gasteiger partial charge in [0.1, 0.15) is 6.54 Å². The smallest absolute Gasteiger partial charge is 0.261 e. The molecule has 0 spiro atoms. The fourth-order valence-electron chi connectivity index (χ4n) is 2.62. The highest BCUT2D eigenvalue weighted by atomic mass is 19.2. The second-order valence-electron chi connectivity index (χ2n) is 6.10. The van der Waals surface area contributed by atoms with Crippen LogP contribution in [0.5, 0.6) is 0 Å². The molecule has 0 aliphatic rings. The minimum absolute atomic E-state index is 0.0588. The Bertz CT molecular complexity index is 1130. The lowest BCUT2D eigenvalue weighted by molar-refractivity contribution is -0.124. The molecule has 0 bridgehead atoms. The topological polar surface area (TPSA) is 93.1 Å². The molecule has 7 nitrogen and oxygen atoms in total. The summed E-state index contributed by atoms with van der Waals surface area (Å²) in [5, 5.41) is 5.08. The number of hydrogen-bond acceptors (Lipinski definition) is 4. The van der Waals surface area contributed by atoms with Crippen molar-refractivity contribution in [3.63, 3.8) is 0 Å². The maximum atomic E-state index is 13.1. The van der Waals surface area contributed by atoms with Gasteiger partial charge in [0.25, 0.3) is 5.56 Å². The largest absolute Gasteiger partial charge is 0.345 e. The van der Waals surface area contributed by atoms with E-state index in [-0.39, 0.29) is 17.8 Å². The fourth-order valence-corrected chi connectivity index (χ4v) is 2.62. The predicted octanol–water partition coefficient (Wildman–Crippen LogP) is 1.74. The summed E-state index contributed by atoms with van der Waals surface area (Å²) >= 11 is 0. The molecular formula is C19H16F2N4O3. The Labute approximate surface area is 158 Å². The Kier molecular flexibility index (Phi) is 5.44. The second-order valence-corrected chi connectivity index (χ2v) is 6.10. The van der Waals surface area contributed by atoms with Crippen LogP contribution in [-0.2, 0) is 16.1 Å². The molecule has 1 aromatic heterocycles. The number of benzene rings is 2. The molecule has 0 aliphatic heterocycles. The SMILES string of the molecule is Cc1cccc2c(=O)n(CC(=O)NCC(=O)Nc3ccc(F)c(F)c3)cnc12. The van der Waals surface area contributed by atoms with Crippen molar-refractivity contribution >= 4 is 28.4 Å². The number of nitrogens with zero attached hydrogens (tertiary/aromatic N) is 2.